The third kappa shape index (κ3) is 5.47. The van der Waals surface area contributed by atoms with Gasteiger partial charge in [-0.3, -0.25) is 4.79 Å². The number of carbonyl (C=O) groups excluding carboxylic acids is 1. The fourth-order valence-electron chi connectivity index (χ4n) is 0.855. The van der Waals surface area contributed by atoms with Crippen LogP contribution in [0.2, 0.25) is 0 Å². The minimum absolute atomic E-state index is 0.0574. The molecule has 0 aromatic rings. The summed E-state index contributed by atoms with van der Waals surface area (Å²) >= 11 is 1.73. The minimum atomic E-state index is -0.0574. The van der Waals surface area contributed by atoms with E-state index in [0.29, 0.717) is 18.3 Å². The maximum atomic E-state index is 11.1. The summed E-state index contributed by atoms with van der Waals surface area (Å²) in [6.07, 6.45) is 4.52. The average molecular weight is 190 g/mol. The second-order valence-electron chi connectivity index (χ2n) is 2.69. The molecule has 72 valence electrons. The molecule has 0 aliphatic rings. The van der Waals surface area contributed by atoms with Crippen molar-refractivity contribution in [1.29, 1.82) is 0 Å². The van der Waals surface area contributed by atoms with E-state index >= 15 is 0 Å². The molecule has 3 heteroatoms. The van der Waals surface area contributed by atoms with Crippen molar-refractivity contribution in [1.82, 2.24) is 0 Å². The molecule has 0 saturated heterocycles. The summed E-state index contributed by atoms with van der Waals surface area (Å²) in [5, 5.41) is 0.425. The van der Waals surface area contributed by atoms with Crippen LogP contribution < -0.4 is 0 Å². The smallest absolute Gasteiger partial charge is 0.306 e. The molecule has 0 aliphatic heterocycles. The maximum Gasteiger partial charge on any atom is 0.306 e. The summed E-state index contributed by atoms with van der Waals surface area (Å²) < 4.78 is 4.97. The summed E-state index contributed by atoms with van der Waals surface area (Å²) in [6, 6.07) is 0. The highest BCUT2D eigenvalue weighted by atomic mass is 32.2. The van der Waals surface area contributed by atoms with Gasteiger partial charge in [-0.15, -0.1) is 0 Å². The van der Waals surface area contributed by atoms with Gasteiger partial charge in [-0.2, -0.15) is 11.8 Å². The van der Waals surface area contributed by atoms with Gasteiger partial charge in [0.15, 0.2) is 0 Å². The van der Waals surface area contributed by atoms with Crippen molar-refractivity contribution in [2.24, 2.45) is 0 Å². The molecule has 1 atom stereocenters. The van der Waals surface area contributed by atoms with E-state index in [4.69, 9.17) is 4.74 Å². The van der Waals surface area contributed by atoms with Gasteiger partial charge in [-0.25, -0.2) is 0 Å². The van der Waals surface area contributed by atoms with E-state index in [9.17, 15) is 4.79 Å². The van der Waals surface area contributed by atoms with Crippen molar-refractivity contribution in [2.45, 2.75) is 38.4 Å². The van der Waals surface area contributed by atoms with Crippen LogP contribution in [0.3, 0.4) is 0 Å². The SMILES string of the molecule is CCCOC(=O)CC(CC)SC. The third-order valence-corrected chi connectivity index (χ3v) is 2.82. The standard InChI is InChI=1S/C9H18O2S/c1-4-6-11-9(10)7-8(5-2)12-3/h8H,4-7H2,1-3H3. The number of carbonyl (C=O) groups is 1. The molecule has 0 amide bonds. The first-order valence-corrected chi connectivity index (χ1v) is 5.71. The third-order valence-electron chi connectivity index (χ3n) is 1.65. The maximum absolute atomic E-state index is 11.1. The predicted molar refractivity (Wildman–Crippen MR) is 53.5 cm³/mol. The molecular weight excluding hydrogens is 172 g/mol. The van der Waals surface area contributed by atoms with E-state index in [1.54, 1.807) is 11.8 Å². The number of ether oxygens (including phenoxy) is 1. The lowest BCUT2D eigenvalue weighted by Crippen LogP contribution is -2.12. The number of hydrogen-bond donors (Lipinski definition) is 0. The van der Waals surface area contributed by atoms with Gasteiger partial charge in [0.05, 0.1) is 13.0 Å². The van der Waals surface area contributed by atoms with Gasteiger partial charge < -0.3 is 4.74 Å². The molecule has 0 fully saturated rings. The van der Waals surface area contributed by atoms with E-state index in [1.807, 2.05) is 13.2 Å². The van der Waals surface area contributed by atoms with Crippen molar-refractivity contribution in [3.63, 3.8) is 0 Å². The van der Waals surface area contributed by atoms with Crippen LogP contribution in [-0.4, -0.2) is 24.1 Å². The number of rotatable bonds is 6. The Bertz CT molecular complexity index is 122. The van der Waals surface area contributed by atoms with Gasteiger partial charge in [-0.1, -0.05) is 13.8 Å². The summed E-state index contributed by atoms with van der Waals surface area (Å²) in [4.78, 5) is 11.1. The zero-order valence-electron chi connectivity index (χ0n) is 8.13. The summed E-state index contributed by atoms with van der Waals surface area (Å²) in [5.74, 6) is -0.0574. The molecule has 0 aromatic carbocycles. The average Bonchev–Trinajstić information content (AvgIpc) is 2.10. The Morgan fingerprint density at radius 3 is 2.58 bits per heavy atom. The van der Waals surface area contributed by atoms with Crippen molar-refractivity contribution < 1.29 is 9.53 Å². The van der Waals surface area contributed by atoms with Crippen LogP contribution in [0, 0.1) is 0 Å². The van der Waals surface area contributed by atoms with Crippen LogP contribution in [0.15, 0.2) is 0 Å². The number of hydrogen-bond acceptors (Lipinski definition) is 3. The van der Waals surface area contributed by atoms with Crippen molar-refractivity contribution in [3.8, 4) is 0 Å². The zero-order chi connectivity index (χ0) is 9.40. The largest absolute Gasteiger partial charge is 0.466 e. The van der Waals surface area contributed by atoms with Crippen LogP contribution in [0.1, 0.15) is 33.1 Å². The second-order valence-corrected chi connectivity index (χ2v) is 3.83. The quantitative estimate of drug-likeness (QED) is 0.602. The molecule has 0 aromatic heterocycles. The lowest BCUT2D eigenvalue weighted by molar-refractivity contribution is -0.143. The van der Waals surface area contributed by atoms with E-state index < -0.39 is 0 Å². The van der Waals surface area contributed by atoms with Gasteiger partial charge in [0.2, 0.25) is 0 Å². The van der Waals surface area contributed by atoms with Crippen LogP contribution in [-0.2, 0) is 9.53 Å². The van der Waals surface area contributed by atoms with E-state index in [0.717, 1.165) is 12.8 Å². The van der Waals surface area contributed by atoms with Gasteiger partial charge in [0, 0.05) is 5.25 Å². The highest BCUT2D eigenvalue weighted by molar-refractivity contribution is 7.99. The first-order valence-electron chi connectivity index (χ1n) is 4.43. The van der Waals surface area contributed by atoms with Crippen LogP contribution in [0.4, 0.5) is 0 Å². The lowest BCUT2D eigenvalue weighted by Gasteiger charge is -2.10. The molecule has 0 radical (unpaired) electrons. The van der Waals surface area contributed by atoms with E-state index in [1.165, 1.54) is 0 Å². The minimum Gasteiger partial charge on any atom is -0.466 e. The fraction of sp³-hybridized carbons (Fsp3) is 0.889. The van der Waals surface area contributed by atoms with Crippen molar-refractivity contribution in [3.05, 3.63) is 0 Å². The number of thioether (sulfide) groups is 1. The lowest BCUT2D eigenvalue weighted by atomic mass is 10.2. The molecule has 12 heavy (non-hydrogen) atoms. The van der Waals surface area contributed by atoms with Gasteiger partial charge >= 0.3 is 5.97 Å². The Labute approximate surface area is 79.1 Å². The molecule has 0 bridgehead atoms. The Morgan fingerprint density at radius 2 is 2.17 bits per heavy atom. The summed E-state index contributed by atoms with van der Waals surface area (Å²) in [7, 11) is 0. The first-order chi connectivity index (χ1) is 5.74. The molecular formula is C9H18O2S. The molecule has 0 aliphatic carbocycles. The highest BCUT2D eigenvalue weighted by Crippen LogP contribution is 2.14. The van der Waals surface area contributed by atoms with Gasteiger partial charge in [0.25, 0.3) is 0 Å². The summed E-state index contributed by atoms with van der Waals surface area (Å²) in [6.45, 7) is 4.65. The fourth-order valence-corrected chi connectivity index (χ4v) is 1.49. The van der Waals surface area contributed by atoms with Crippen molar-refractivity contribution >= 4 is 17.7 Å². The van der Waals surface area contributed by atoms with Gasteiger partial charge in [0.1, 0.15) is 0 Å². The van der Waals surface area contributed by atoms with E-state index in [2.05, 4.69) is 6.92 Å². The number of esters is 1. The van der Waals surface area contributed by atoms with Gasteiger partial charge in [-0.05, 0) is 19.1 Å². The molecule has 0 heterocycles. The molecule has 0 N–H and O–H groups in total. The first kappa shape index (κ1) is 11.8. The Kier molecular flexibility index (Phi) is 7.36. The van der Waals surface area contributed by atoms with Crippen LogP contribution >= 0.6 is 11.8 Å². The van der Waals surface area contributed by atoms with E-state index in [-0.39, 0.29) is 5.97 Å². The van der Waals surface area contributed by atoms with Crippen LogP contribution in [0.5, 0.6) is 0 Å². The van der Waals surface area contributed by atoms with Crippen LogP contribution in [0.25, 0.3) is 0 Å². The molecule has 0 spiro atoms. The normalized spacial score (nSPS) is 12.6. The predicted octanol–water partition coefficient (Wildman–Crippen LogP) is 2.47. The Morgan fingerprint density at radius 1 is 1.50 bits per heavy atom. The topological polar surface area (TPSA) is 26.3 Å². The monoisotopic (exact) mass is 190 g/mol. The Hall–Kier alpha value is -0.180. The molecule has 2 nitrogen and oxygen atoms in total. The Balaban J connectivity index is 3.52. The zero-order valence-corrected chi connectivity index (χ0v) is 8.95. The molecule has 0 rings (SSSR count). The summed E-state index contributed by atoms with van der Waals surface area (Å²) in [5.41, 5.74) is 0. The molecule has 0 saturated carbocycles. The second kappa shape index (κ2) is 7.47. The van der Waals surface area contributed by atoms with Crippen molar-refractivity contribution in [2.75, 3.05) is 12.9 Å². The molecule has 1 unspecified atom stereocenters. The highest BCUT2D eigenvalue weighted by Gasteiger charge is 2.10.